The van der Waals surface area contributed by atoms with Crippen LogP contribution in [-0.4, -0.2) is 36.1 Å². The van der Waals surface area contributed by atoms with Gasteiger partial charge in [0.25, 0.3) is 0 Å². The third kappa shape index (κ3) is 3.49. The standard InChI is InChI=1S/C16H29N3/c1-3-7-15-8-5-6-11-19(15)13-16(12-17,18-4-2)14-9-10-14/h14-15,18H,3-11,13H2,1-2H3. The molecule has 1 saturated carbocycles. The predicted octanol–water partition coefficient (Wildman–Crippen LogP) is 2.92. The molecule has 0 aromatic carbocycles. The largest absolute Gasteiger partial charge is 0.298 e. The summed E-state index contributed by atoms with van der Waals surface area (Å²) in [6.07, 6.45) is 9.00. The number of likely N-dealkylation sites (tertiary alicyclic amines) is 1. The lowest BCUT2D eigenvalue weighted by Gasteiger charge is -2.41. The molecule has 0 radical (unpaired) electrons. The Morgan fingerprint density at radius 3 is 2.63 bits per heavy atom. The maximum atomic E-state index is 9.73. The molecule has 19 heavy (non-hydrogen) atoms. The zero-order valence-corrected chi connectivity index (χ0v) is 12.6. The number of rotatable bonds is 7. The van der Waals surface area contributed by atoms with Gasteiger partial charge in [-0.1, -0.05) is 26.7 Å². The van der Waals surface area contributed by atoms with Gasteiger partial charge in [0.1, 0.15) is 5.54 Å². The van der Waals surface area contributed by atoms with E-state index in [0.717, 1.165) is 13.1 Å². The lowest BCUT2D eigenvalue weighted by Crippen LogP contribution is -2.57. The Kier molecular flexibility index (Phi) is 5.24. The highest BCUT2D eigenvalue weighted by atomic mass is 15.2. The molecule has 2 atom stereocenters. The third-order valence-electron chi connectivity index (χ3n) is 4.79. The molecule has 3 heteroatoms. The zero-order valence-electron chi connectivity index (χ0n) is 12.6. The second-order valence-corrected chi connectivity index (χ2v) is 6.30. The molecular formula is C16H29N3. The van der Waals surface area contributed by atoms with Crippen molar-refractivity contribution in [3.63, 3.8) is 0 Å². The first-order valence-corrected chi connectivity index (χ1v) is 8.16. The van der Waals surface area contributed by atoms with Gasteiger partial charge in [0.2, 0.25) is 0 Å². The van der Waals surface area contributed by atoms with Crippen molar-refractivity contribution >= 4 is 0 Å². The minimum absolute atomic E-state index is 0.280. The van der Waals surface area contributed by atoms with Crippen LogP contribution in [0.25, 0.3) is 0 Å². The topological polar surface area (TPSA) is 39.1 Å². The van der Waals surface area contributed by atoms with Crippen LogP contribution in [0.15, 0.2) is 0 Å². The van der Waals surface area contributed by atoms with Crippen molar-refractivity contribution in [2.24, 2.45) is 5.92 Å². The summed E-state index contributed by atoms with van der Waals surface area (Å²) >= 11 is 0. The summed E-state index contributed by atoms with van der Waals surface area (Å²) in [7, 11) is 0. The lowest BCUT2D eigenvalue weighted by molar-refractivity contribution is 0.104. The molecule has 2 unspecified atom stereocenters. The average molecular weight is 263 g/mol. The molecule has 0 amide bonds. The van der Waals surface area contributed by atoms with Crippen LogP contribution >= 0.6 is 0 Å². The van der Waals surface area contributed by atoms with Crippen molar-refractivity contribution in [1.29, 1.82) is 5.26 Å². The molecular weight excluding hydrogens is 234 g/mol. The predicted molar refractivity (Wildman–Crippen MR) is 78.9 cm³/mol. The molecule has 1 aliphatic carbocycles. The summed E-state index contributed by atoms with van der Waals surface area (Å²) in [6.45, 7) is 7.42. The minimum atomic E-state index is -0.280. The summed E-state index contributed by atoms with van der Waals surface area (Å²) in [5, 5.41) is 13.2. The Morgan fingerprint density at radius 1 is 1.26 bits per heavy atom. The van der Waals surface area contributed by atoms with E-state index in [9.17, 15) is 5.26 Å². The Morgan fingerprint density at radius 2 is 2.05 bits per heavy atom. The van der Waals surface area contributed by atoms with Gasteiger partial charge in [-0.15, -0.1) is 0 Å². The molecule has 1 N–H and O–H groups in total. The van der Waals surface area contributed by atoms with E-state index in [2.05, 4.69) is 30.1 Å². The van der Waals surface area contributed by atoms with Crippen molar-refractivity contribution in [3.05, 3.63) is 0 Å². The Labute approximate surface area is 118 Å². The lowest BCUT2D eigenvalue weighted by atomic mass is 9.90. The van der Waals surface area contributed by atoms with E-state index >= 15 is 0 Å². The SMILES string of the molecule is CCCC1CCCCN1CC(C#N)(NCC)C1CC1. The van der Waals surface area contributed by atoms with Crippen LogP contribution in [-0.2, 0) is 0 Å². The Hall–Kier alpha value is -0.590. The van der Waals surface area contributed by atoms with Crippen molar-refractivity contribution < 1.29 is 0 Å². The number of nitrogens with zero attached hydrogens (tertiary/aromatic N) is 2. The van der Waals surface area contributed by atoms with Gasteiger partial charge < -0.3 is 0 Å². The summed E-state index contributed by atoms with van der Waals surface area (Å²) in [5.74, 6) is 0.585. The van der Waals surface area contributed by atoms with E-state index < -0.39 is 0 Å². The smallest absolute Gasteiger partial charge is 0.122 e. The van der Waals surface area contributed by atoms with Crippen LogP contribution < -0.4 is 5.32 Å². The van der Waals surface area contributed by atoms with E-state index in [1.165, 1.54) is 51.5 Å². The quantitative estimate of drug-likeness (QED) is 0.767. The fourth-order valence-electron chi connectivity index (χ4n) is 3.64. The first kappa shape index (κ1) is 14.8. The van der Waals surface area contributed by atoms with Gasteiger partial charge in [-0.2, -0.15) is 5.26 Å². The molecule has 3 nitrogen and oxygen atoms in total. The highest BCUT2D eigenvalue weighted by Crippen LogP contribution is 2.40. The number of nitriles is 1. The highest BCUT2D eigenvalue weighted by molar-refractivity contribution is 5.17. The van der Waals surface area contributed by atoms with Crippen LogP contribution in [0.5, 0.6) is 0 Å². The molecule has 2 rings (SSSR count). The van der Waals surface area contributed by atoms with Crippen LogP contribution in [0.2, 0.25) is 0 Å². The normalized spacial score (nSPS) is 27.7. The molecule has 0 aromatic heterocycles. The number of hydrogen-bond donors (Lipinski definition) is 1. The average Bonchev–Trinajstić information content (AvgIpc) is 3.25. The van der Waals surface area contributed by atoms with Crippen molar-refractivity contribution in [3.8, 4) is 6.07 Å². The fraction of sp³-hybridized carbons (Fsp3) is 0.938. The first-order valence-electron chi connectivity index (χ1n) is 8.16. The van der Waals surface area contributed by atoms with Crippen LogP contribution in [0.3, 0.4) is 0 Å². The fourth-order valence-corrected chi connectivity index (χ4v) is 3.64. The Bertz CT molecular complexity index is 316. The molecule has 1 saturated heterocycles. The van der Waals surface area contributed by atoms with Gasteiger partial charge in [-0.3, -0.25) is 10.2 Å². The molecule has 0 bridgehead atoms. The summed E-state index contributed by atoms with van der Waals surface area (Å²) in [4.78, 5) is 2.61. The van der Waals surface area contributed by atoms with Gasteiger partial charge in [0, 0.05) is 12.6 Å². The third-order valence-corrected chi connectivity index (χ3v) is 4.79. The monoisotopic (exact) mass is 263 g/mol. The first-order chi connectivity index (χ1) is 9.25. The van der Waals surface area contributed by atoms with Crippen molar-refractivity contribution in [2.45, 2.75) is 70.4 Å². The molecule has 108 valence electrons. The highest BCUT2D eigenvalue weighted by Gasteiger charge is 2.47. The van der Waals surface area contributed by atoms with Crippen LogP contribution in [0.1, 0.15) is 58.8 Å². The van der Waals surface area contributed by atoms with Crippen molar-refractivity contribution in [2.75, 3.05) is 19.6 Å². The van der Waals surface area contributed by atoms with E-state index in [1.807, 2.05) is 0 Å². The van der Waals surface area contributed by atoms with E-state index in [0.29, 0.717) is 12.0 Å². The van der Waals surface area contributed by atoms with Crippen LogP contribution in [0.4, 0.5) is 0 Å². The van der Waals surface area contributed by atoms with Gasteiger partial charge in [0.15, 0.2) is 0 Å². The zero-order chi connectivity index (χ0) is 13.7. The maximum Gasteiger partial charge on any atom is 0.122 e. The molecule has 2 fully saturated rings. The number of likely N-dealkylation sites (N-methyl/N-ethyl adjacent to an activating group) is 1. The summed E-state index contributed by atoms with van der Waals surface area (Å²) < 4.78 is 0. The molecule has 2 aliphatic rings. The van der Waals surface area contributed by atoms with Crippen molar-refractivity contribution in [1.82, 2.24) is 10.2 Å². The van der Waals surface area contributed by atoms with E-state index in [-0.39, 0.29) is 5.54 Å². The van der Waals surface area contributed by atoms with Gasteiger partial charge in [-0.25, -0.2) is 0 Å². The molecule has 0 aromatic rings. The van der Waals surface area contributed by atoms with Gasteiger partial charge in [0.05, 0.1) is 6.07 Å². The second-order valence-electron chi connectivity index (χ2n) is 6.30. The molecule has 1 heterocycles. The van der Waals surface area contributed by atoms with E-state index in [1.54, 1.807) is 0 Å². The Balaban J connectivity index is 2.04. The molecule has 1 aliphatic heterocycles. The number of hydrogen-bond acceptors (Lipinski definition) is 3. The summed E-state index contributed by atoms with van der Waals surface area (Å²) in [5.41, 5.74) is -0.280. The van der Waals surface area contributed by atoms with Crippen LogP contribution in [0, 0.1) is 17.2 Å². The van der Waals surface area contributed by atoms with Gasteiger partial charge >= 0.3 is 0 Å². The number of piperidine rings is 1. The van der Waals surface area contributed by atoms with E-state index in [4.69, 9.17) is 0 Å². The minimum Gasteiger partial charge on any atom is -0.298 e. The summed E-state index contributed by atoms with van der Waals surface area (Å²) in [6, 6.07) is 3.35. The maximum absolute atomic E-state index is 9.73. The second kappa shape index (κ2) is 6.72. The van der Waals surface area contributed by atoms with Gasteiger partial charge in [-0.05, 0) is 51.1 Å². The number of nitrogens with one attached hydrogen (secondary N) is 1. The molecule has 0 spiro atoms.